The predicted octanol–water partition coefficient (Wildman–Crippen LogP) is 3.95. The molecular weight excluding hydrogens is 337 g/mol. The van der Waals surface area contributed by atoms with Gasteiger partial charge in [0.25, 0.3) is 0 Å². The van der Waals surface area contributed by atoms with Gasteiger partial charge in [0.1, 0.15) is 0 Å². The minimum Gasteiger partial charge on any atom is -0.469 e. The summed E-state index contributed by atoms with van der Waals surface area (Å²) >= 11 is 12.1. The van der Waals surface area contributed by atoms with Crippen molar-refractivity contribution in [1.82, 2.24) is 4.90 Å². The Hall–Kier alpha value is -1.52. The van der Waals surface area contributed by atoms with E-state index in [4.69, 9.17) is 27.9 Å². The second-order valence-electron chi connectivity index (χ2n) is 5.44. The average Bonchev–Trinajstić information content (AvgIpc) is 2.56. The fourth-order valence-electron chi connectivity index (χ4n) is 2.68. The Balaban J connectivity index is 2.09. The third-order valence-electron chi connectivity index (χ3n) is 3.93. The van der Waals surface area contributed by atoms with Crippen molar-refractivity contribution in [2.45, 2.75) is 31.7 Å². The number of esters is 1. The molecule has 4 nitrogen and oxygen atoms in total. The van der Waals surface area contributed by atoms with Gasteiger partial charge in [0.15, 0.2) is 0 Å². The van der Waals surface area contributed by atoms with E-state index in [1.807, 2.05) is 0 Å². The number of hydrogen-bond donors (Lipinski definition) is 0. The molecule has 1 aliphatic rings. The molecule has 0 unspecified atom stereocenters. The molecule has 23 heavy (non-hydrogen) atoms. The van der Waals surface area contributed by atoms with Crippen LogP contribution in [-0.2, 0) is 14.3 Å². The van der Waals surface area contributed by atoms with E-state index in [-0.39, 0.29) is 24.3 Å². The molecule has 1 heterocycles. The number of amides is 1. The van der Waals surface area contributed by atoms with E-state index in [9.17, 15) is 9.59 Å². The first kappa shape index (κ1) is 17.8. The fourth-order valence-corrected chi connectivity index (χ4v) is 3.06. The van der Waals surface area contributed by atoms with Gasteiger partial charge in [0, 0.05) is 18.7 Å². The number of ether oxygens (including phenoxy) is 1. The van der Waals surface area contributed by atoms with E-state index < -0.39 is 0 Å². The molecule has 6 heteroatoms. The molecule has 1 aromatic rings. The number of nitrogens with zero attached hydrogens (tertiary/aromatic N) is 1. The monoisotopic (exact) mass is 355 g/mol. The van der Waals surface area contributed by atoms with Gasteiger partial charge in [0.2, 0.25) is 5.91 Å². The Bertz CT molecular complexity index is 616. The zero-order chi connectivity index (χ0) is 16.8. The maximum absolute atomic E-state index is 12.5. The molecule has 0 aliphatic carbocycles. The highest BCUT2D eigenvalue weighted by atomic mass is 35.5. The SMILES string of the molecule is COC(=O)C[C@H]1CCCCN1C(=O)/C=C/c1cccc(Cl)c1Cl. The van der Waals surface area contributed by atoms with E-state index >= 15 is 0 Å². The lowest BCUT2D eigenvalue weighted by molar-refractivity contribution is -0.143. The zero-order valence-electron chi connectivity index (χ0n) is 12.9. The Kier molecular flexibility index (Phi) is 6.48. The second kappa shape index (κ2) is 8.37. The van der Waals surface area contributed by atoms with Gasteiger partial charge < -0.3 is 9.64 Å². The Labute approximate surface area is 146 Å². The Morgan fingerprint density at radius 3 is 2.87 bits per heavy atom. The van der Waals surface area contributed by atoms with Crippen LogP contribution in [0.1, 0.15) is 31.2 Å². The summed E-state index contributed by atoms with van der Waals surface area (Å²) in [6.07, 6.45) is 6.12. The van der Waals surface area contributed by atoms with Crippen LogP contribution in [0, 0.1) is 0 Å². The topological polar surface area (TPSA) is 46.6 Å². The smallest absolute Gasteiger partial charge is 0.307 e. The van der Waals surface area contributed by atoms with Crippen molar-refractivity contribution in [3.05, 3.63) is 39.9 Å². The molecule has 1 fully saturated rings. The molecule has 1 aliphatic heterocycles. The van der Waals surface area contributed by atoms with Crippen molar-refractivity contribution in [2.75, 3.05) is 13.7 Å². The molecule has 2 rings (SSSR count). The summed E-state index contributed by atoms with van der Waals surface area (Å²) in [6, 6.07) is 5.16. The lowest BCUT2D eigenvalue weighted by atomic mass is 9.99. The van der Waals surface area contributed by atoms with Crippen molar-refractivity contribution >= 4 is 41.2 Å². The number of benzene rings is 1. The molecule has 1 aromatic carbocycles. The summed E-state index contributed by atoms with van der Waals surface area (Å²) in [6.45, 7) is 0.647. The third kappa shape index (κ3) is 4.72. The highest BCUT2D eigenvalue weighted by Gasteiger charge is 2.27. The maximum atomic E-state index is 12.5. The standard InChI is InChI=1S/C17H19Cl2NO3/c1-23-16(22)11-13-6-2-3-10-20(13)15(21)9-8-12-5-4-7-14(18)17(12)19/h4-5,7-9,13H,2-3,6,10-11H2,1H3/b9-8+/t13-/m1/s1. The quantitative estimate of drug-likeness (QED) is 0.606. The van der Waals surface area contributed by atoms with Crippen molar-refractivity contribution < 1.29 is 14.3 Å². The molecule has 1 amide bonds. The fraction of sp³-hybridized carbons (Fsp3) is 0.412. The van der Waals surface area contributed by atoms with Crippen molar-refractivity contribution in [2.24, 2.45) is 0 Å². The molecule has 0 bridgehead atoms. The number of carbonyl (C=O) groups excluding carboxylic acids is 2. The summed E-state index contributed by atoms with van der Waals surface area (Å²) in [5, 5.41) is 0.866. The van der Waals surface area contributed by atoms with Gasteiger partial charge in [-0.25, -0.2) is 0 Å². The summed E-state index contributed by atoms with van der Waals surface area (Å²) in [4.78, 5) is 25.7. The van der Waals surface area contributed by atoms with Gasteiger partial charge in [-0.2, -0.15) is 0 Å². The Morgan fingerprint density at radius 2 is 2.13 bits per heavy atom. The largest absolute Gasteiger partial charge is 0.469 e. The molecule has 0 aromatic heterocycles. The summed E-state index contributed by atoms with van der Waals surface area (Å²) in [5.74, 6) is -0.425. The zero-order valence-corrected chi connectivity index (χ0v) is 14.4. The van der Waals surface area contributed by atoms with Crippen LogP contribution in [0.3, 0.4) is 0 Å². The molecule has 0 N–H and O–H groups in total. The lowest BCUT2D eigenvalue weighted by Gasteiger charge is -2.34. The van der Waals surface area contributed by atoms with E-state index in [1.54, 1.807) is 29.2 Å². The summed E-state index contributed by atoms with van der Waals surface area (Å²) in [7, 11) is 1.36. The van der Waals surface area contributed by atoms with E-state index in [2.05, 4.69) is 0 Å². The third-order valence-corrected chi connectivity index (χ3v) is 4.76. The van der Waals surface area contributed by atoms with Gasteiger partial charge in [-0.3, -0.25) is 9.59 Å². The van der Waals surface area contributed by atoms with Crippen LogP contribution in [-0.4, -0.2) is 36.5 Å². The molecule has 0 saturated carbocycles. The van der Waals surface area contributed by atoms with Crippen LogP contribution in [0.2, 0.25) is 10.0 Å². The van der Waals surface area contributed by atoms with Crippen LogP contribution in [0.5, 0.6) is 0 Å². The van der Waals surface area contributed by atoms with Crippen LogP contribution in [0.15, 0.2) is 24.3 Å². The minimum absolute atomic E-state index is 0.108. The molecule has 0 spiro atoms. The maximum Gasteiger partial charge on any atom is 0.307 e. The molecule has 124 valence electrons. The number of hydrogen-bond acceptors (Lipinski definition) is 3. The van der Waals surface area contributed by atoms with Crippen molar-refractivity contribution in [3.8, 4) is 0 Å². The van der Waals surface area contributed by atoms with Crippen LogP contribution < -0.4 is 0 Å². The number of rotatable bonds is 4. The number of methoxy groups -OCH3 is 1. The van der Waals surface area contributed by atoms with E-state index in [1.165, 1.54) is 13.2 Å². The minimum atomic E-state index is -0.295. The van der Waals surface area contributed by atoms with Crippen molar-refractivity contribution in [3.63, 3.8) is 0 Å². The first-order valence-corrected chi connectivity index (χ1v) is 8.28. The van der Waals surface area contributed by atoms with Crippen LogP contribution in [0.25, 0.3) is 6.08 Å². The van der Waals surface area contributed by atoms with Gasteiger partial charge >= 0.3 is 5.97 Å². The average molecular weight is 356 g/mol. The van der Waals surface area contributed by atoms with Gasteiger partial charge in [0.05, 0.1) is 23.6 Å². The molecule has 1 saturated heterocycles. The van der Waals surface area contributed by atoms with E-state index in [0.29, 0.717) is 22.2 Å². The molecule has 1 atom stereocenters. The van der Waals surface area contributed by atoms with Gasteiger partial charge in [-0.1, -0.05) is 35.3 Å². The molecule has 0 radical (unpaired) electrons. The highest BCUT2D eigenvalue weighted by Crippen LogP contribution is 2.27. The lowest BCUT2D eigenvalue weighted by Crippen LogP contribution is -2.44. The first-order valence-electron chi connectivity index (χ1n) is 7.52. The van der Waals surface area contributed by atoms with Crippen molar-refractivity contribution in [1.29, 1.82) is 0 Å². The predicted molar refractivity (Wildman–Crippen MR) is 91.5 cm³/mol. The first-order chi connectivity index (χ1) is 11.0. The molecular formula is C17H19Cl2NO3. The summed E-state index contributed by atoms with van der Waals surface area (Å²) < 4.78 is 4.71. The van der Waals surface area contributed by atoms with Crippen LogP contribution >= 0.6 is 23.2 Å². The summed E-state index contributed by atoms with van der Waals surface area (Å²) in [5.41, 5.74) is 0.689. The number of halogens is 2. The highest BCUT2D eigenvalue weighted by molar-refractivity contribution is 6.42. The normalized spacial score (nSPS) is 18.2. The van der Waals surface area contributed by atoms with Crippen LogP contribution in [0.4, 0.5) is 0 Å². The number of piperidine rings is 1. The van der Waals surface area contributed by atoms with Gasteiger partial charge in [-0.05, 0) is 37.0 Å². The Morgan fingerprint density at radius 1 is 1.35 bits per heavy atom. The number of carbonyl (C=O) groups is 2. The number of likely N-dealkylation sites (tertiary alicyclic amines) is 1. The van der Waals surface area contributed by atoms with E-state index in [0.717, 1.165) is 19.3 Å². The van der Waals surface area contributed by atoms with Gasteiger partial charge in [-0.15, -0.1) is 0 Å². The second-order valence-corrected chi connectivity index (χ2v) is 6.22.